The number of aromatic nitrogens is 2. The maximum atomic E-state index is 14.2. The minimum Gasteiger partial charge on any atom is -0.232 e. The van der Waals surface area contributed by atoms with Crippen molar-refractivity contribution in [2.24, 2.45) is 0 Å². The third-order valence-corrected chi connectivity index (χ3v) is 3.11. The Balaban J connectivity index is 2.65. The van der Waals surface area contributed by atoms with E-state index in [4.69, 9.17) is 11.6 Å². The van der Waals surface area contributed by atoms with Crippen molar-refractivity contribution in [3.63, 3.8) is 0 Å². The molecule has 2 nitrogen and oxygen atoms in total. The second-order valence-corrected chi connectivity index (χ2v) is 5.41. The SMILES string of the molecule is Cc1cc(C)c(-c2cc(Cl)nc(C(C)C)n2)c(F)c1. The lowest BCUT2D eigenvalue weighted by atomic mass is 10.0. The van der Waals surface area contributed by atoms with Gasteiger partial charge in [0.05, 0.1) is 5.69 Å². The van der Waals surface area contributed by atoms with E-state index in [9.17, 15) is 4.39 Å². The molecule has 19 heavy (non-hydrogen) atoms. The van der Waals surface area contributed by atoms with Crippen LogP contribution in [0.5, 0.6) is 0 Å². The van der Waals surface area contributed by atoms with E-state index in [1.165, 1.54) is 6.07 Å². The Bertz CT molecular complexity index is 601. The minimum atomic E-state index is -0.276. The van der Waals surface area contributed by atoms with E-state index < -0.39 is 0 Å². The van der Waals surface area contributed by atoms with Gasteiger partial charge in [-0.2, -0.15) is 0 Å². The van der Waals surface area contributed by atoms with Gasteiger partial charge in [0, 0.05) is 17.5 Å². The fourth-order valence-corrected chi connectivity index (χ4v) is 2.25. The summed E-state index contributed by atoms with van der Waals surface area (Å²) in [5.74, 6) is 0.495. The van der Waals surface area contributed by atoms with Gasteiger partial charge in [-0.25, -0.2) is 14.4 Å². The standard InChI is InChI=1S/C15H16ClFN2/c1-8(2)15-18-12(7-13(16)19-15)14-10(4)5-9(3)6-11(14)17/h5-8H,1-4H3. The Morgan fingerprint density at radius 1 is 1.11 bits per heavy atom. The molecule has 0 unspecified atom stereocenters. The molecule has 0 saturated heterocycles. The van der Waals surface area contributed by atoms with Crippen molar-refractivity contribution < 1.29 is 4.39 Å². The van der Waals surface area contributed by atoms with Gasteiger partial charge in [-0.05, 0) is 31.0 Å². The molecule has 0 N–H and O–H groups in total. The van der Waals surface area contributed by atoms with Crippen molar-refractivity contribution in [2.75, 3.05) is 0 Å². The fraction of sp³-hybridized carbons (Fsp3) is 0.333. The first-order chi connectivity index (χ1) is 8.88. The first-order valence-electron chi connectivity index (χ1n) is 6.20. The quantitative estimate of drug-likeness (QED) is 0.746. The highest BCUT2D eigenvalue weighted by molar-refractivity contribution is 6.29. The molecule has 0 atom stereocenters. The first-order valence-corrected chi connectivity index (χ1v) is 6.58. The van der Waals surface area contributed by atoms with Crippen LogP contribution in [0.4, 0.5) is 4.39 Å². The molecular weight excluding hydrogens is 263 g/mol. The molecular formula is C15H16ClFN2. The molecule has 2 aromatic rings. The van der Waals surface area contributed by atoms with Crippen molar-refractivity contribution in [1.82, 2.24) is 9.97 Å². The van der Waals surface area contributed by atoms with Gasteiger partial charge in [0.2, 0.25) is 0 Å². The van der Waals surface area contributed by atoms with Gasteiger partial charge in [-0.15, -0.1) is 0 Å². The molecule has 4 heteroatoms. The predicted molar refractivity (Wildman–Crippen MR) is 76.0 cm³/mol. The van der Waals surface area contributed by atoms with Gasteiger partial charge >= 0.3 is 0 Å². The van der Waals surface area contributed by atoms with Gasteiger partial charge in [-0.1, -0.05) is 31.5 Å². The van der Waals surface area contributed by atoms with E-state index in [-0.39, 0.29) is 11.7 Å². The molecule has 0 bridgehead atoms. The predicted octanol–water partition coefficient (Wildman–Crippen LogP) is 4.68. The number of nitrogens with zero attached hydrogens (tertiary/aromatic N) is 2. The largest absolute Gasteiger partial charge is 0.232 e. The van der Waals surface area contributed by atoms with Crippen LogP contribution in [0.2, 0.25) is 5.15 Å². The van der Waals surface area contributed by atoms with Gasteiger partial charge in [0.1, 0.15) is 16.8 Å². The summed E-state index contributed by atoms with van der Waals surface area (Å²) in [6, 6.07) is 5.05. The topological polar surface area (TPSA) is 25.8 Å². The number of hydrogen-bond acceptors (Lipinski definition) is 2. The Labute approximate surface area is 117 Å². The van der Waals surface area contributed by atoms with Crippen molar-refractivity contribution in [1.29, 1.82) is 0 Å². The molecule has 100 valence electrons. The van der Waals surface area contributed by atoms with Crippen LogP contribution in [-0.2, 0) is 0 Å². The summed E-state index contributed by atoms with van der Waals surface area (Å²) in [5.41, 5.74) is 2.78. The molecule has 0 saturated carbocycles. The first kappa shape index (κ1) is 13.9. The lowest BCUT2D eigenvalue weighted by Crippen LogP contribution is -2.01. The van der Waals surface area contributed by atoms with Gasteiger partial charge < -0.3 is 0 Å². The highest BCUT2D eigenvalue weighted by Crippen LogP contribution is 2.28. The van der Waals surface area contributed by atoms with Crippen LogP contribution in [0.3, 0.4) is 0 Å². The van der Waals surface area contributed by atoms with Crippen molar-refractivity contribution in [3.8, 4) is 11.3 Å². The summed E-state index contributed by atoms with van der Waals surface area (Å²) in [4.78, 5) is 8.59. The van der Waals surface area contributed by atoms with E-state index in [0.717, 1.165) is 11.1 Å². The van der Waals surface area contributed by atoms with Crippen LogP contribution >= 0.6 is 11.6 Å². The number of hydrogen-bond donors (Lipinski definition) is 0. The molecule has 0 spiro atoms. The highest BCUT2D eigenvalue weighted by Gasteiger charge is 2.14. The zero-order valence-corrected chi connectivity index (χ0v) is 12.2. The second kappa shape index (κ2) is 5.25. The third-order valence-electron chi connectivity index (χ3n) is 2.92. The Hall–Kier alpha value is -1.48. The van der Waals surface area contributed by atoms with E-state index in [1.807, 2.05) is 33.8 Å². The van der Waals surface area contributed by atoms with Crippen LogP contribution < -0.4 is 0 Å². The van der Waals surface area contributed by atoms with Crippen molar-refractivity contribution in [3.05, 3.63) is 46.1 Å². The normalized spacial score (nSPS) is 11.1. The monoisotopic (exact) mass is 278 g/mol. The Morgan fingerprint density at radius 3 is 2.37 bits per heavy atom. The van der Waals surface area contributed by atoms with E-state index >= 15 is 0 Å². The Kier molecular flexibility index (Phi) is 3.85. The Morgan fingerprint density at radius 2 is 1.79 bits per heavy atom. The lowest BCUT2D eigenvalue weighted by molar-refractivity contribution is 0.628. The van der Waals surface area contributed by atoms with Crippen LogP contribution in [0.1, 0.15) is 36.7 Å². The van der Waals surface area contributed by atoms with Crippen molar-refractivity contribution in [2.45, 2.75) is 33.6 Å². The molecule has 1 aromatic carbocycles. The average molecular weight is 279 g/mol. The smallest absolute Gasteiger partial charge is 0.133 e. The van der Waals surface area contributed by atoms with Crippen LogP contribution in [0.15, 0.2) is 18.2 Å². The maximum absolute atomic E-state index is 14.2. The molecule has 1 heterocycles. The third kappa shape index (κ3) is 2.92. The minimum absolute atomic E-state index is 0.145. The molecule has 0 aliphatic heterocycles. The van der Waals surface area contributed by atoms with Crippen LogP contribution in [0, 0.1) is 19.7 Å². The molecule has 2 rings (SSSR count). The summed E-state index contributed by atoms with van der Waals surface area (Å²) >= 11 is 6.01. The molecule has 0 fully saturated rings. The summed E-state index contributed by atoms with van der Waals surface area (Å²) in [6.07, 6.45) is 0. The zero-order chi connectivity index (χ0) is 14.2. The number of rotatable bonds is 2. The summed E-state index contributed by atoms with van der Waals surface area (Å²) in [7, 11) is 0. The fourth-order valence-electron chi connectivity index (χ4n) is 2.06. The van der Waals surface area contributed by atoms with E-state index in [0.29, 0.717) is 22.2 Å². The summed E-state index contributed by atoms with van der Waals surface area (Å²) in [5, 5.41) is 0.341. The number of aryl methyl sites for hydroxylation is 2. The molecule has 0 aliphatic carbocycles. The van der Waals surface area contributed by atoms with Crippen LogP contribution in [0.25, 0.3) is 11.3 Å². The number of benzene rings is 1. The van der Waals surface area contributed by atoms with Gasteiger partial charge in [0.25, 0.3) is 0 Å². The molecule has 0 aliphatic rings. The lowest BCUT2D eigenvalue weighted by Gasteiger charge is -2.11. The molecule has 0 amide bonds. The highest BCUT2D eigenvalue weighted by atomic mass is 35.5. The summed E-state index contributed by atoms with van der Waals surface area (Å²) in [6.45, 7) is 7.70. The van der Waals surface area contributed by atoms with E-state index in [2.05, 4.69) is 9.97 Å². The summed E-state index contributed by atoms with van der Waals surface area (Å²) < 4.78 is 14.2. The van der Waals surface area contributed by atoms with Gasteiger partial charge in [-0.3, -0.25) is 0 Å². The molecule has 0 radical (unpaired) electrons. The number of halogens is 2. The van der Waals surface area contributed by atoms with E-state index in [1.54, 1.807) is 6.07 Å². The second-order valence-electron chi connectivity index (χ2n) is 5.03. The molecule has 1 aromatic heterocycles. The van der Waals surface area contributed by atoms with Crippen molar-refractivity contribution >= 4 is 11.6 Å². The zero-order valence-electron chi connectivity index (χ0n) is 11.5. The van der Waals surface area contributed by atoms with Crippen LogP contribution in [-0.4, -0.2) is 9.97 Å². The average Bonchev–Trinajstić information content (AvgIpc) is 2.26. The van der Waals surface area contributed by atoms with Gasteiger partial charge in [0.15, 0.2) is 0 Å². The maximum Gasteiger partial charge on any atom is 0.133 e.